The summed E-state index contributed by atoms with van der Waals surface area (Å²) in [4.78, 5) is 0. The van der Waals surface area contributed by atoms with Gasteiger partial charge in [0.15, 0.2) is 0 Å². The van der Waals surface area contributed by atoms with Crippen LogP contribution in [0.2, 0.25) is 0 Å². The highest BCUT2D eigenvalue weighted by Crippen LogP contribution is 2.37. The van der Waals surface area contributed by atoms with Crippen LogP contribution in [0.1, 0.15) is 45.1 Å². The van der Waals surface area contributed by atoms with Gasteiger partial charge in [0.1, 0.15) is 0 Å². The fourth-order valence-corrected chi connectivity index (χ4v) is 2.88. The van der Waals surface area contributed by atoms with E-state index in [9.17, 15) is 0 Å². The van der Waals surface area contributed by atoms with Crippen molar-refractivity contribution < 1.29 is 4.74 Å². The van der Waals surface area contributed by atoms with Gasteiger partial charge < -0.3 is 10.1 Å². The van der Waals surface area contributed by atoms with E-state index in [0.29, 0.717) is 18.1 Å². The van der Waals surface area contributed by atoms with Gasteiger partial charge in [-0.15, -0.1) is 0 Å². The zero-order chi connectivity index (χ0) is 13.0. The third kappa shape index (κ3) is 3.26. The molecule has 1 unspecified atom stereocenters. The first kappa shape index (κ1) is 13.4. The minimum atomic E-state index is 0.398. The minimum absolute atomic E-state index is 0.398. The number of benzene rings is 1. The number of anilines is 1. The second-order valence-electron chi connectivity index (χ2n) is 6.06. The minimum Gasteiger partial charge on any atom is -0.382 e. The van der Waals surface area contributed by atoms with Crippen molar-refractivity contribution in [2.24, 2.45) is 5.41 Å². The lowest BCUT2D eigenvalue weighted by Gasteiger charge is -2.39. The van der Waals surface area contributed by atoms with E-state index in [2.05, 4.69) is 43.4 Å². The first-order valence-corrected chi connectivity index (χ1v) is 6.96. The summed E-state index contributed by atoms with van der Waals surface area (Å²) < 4.78 is 5.19. The normalized spacial score (nSPS) is 22.7. The molecule has 18 heavy (non-hydrogen) atoms. The van der Waals surface area contributed by atoms with Gasteiger partial charge in [0.2, 0.25) is 0 Å². The van der Waals surface area contributed by atoms with Crippen LogP contribution in [-0.4, -0.2) is 13.2 Å². The van der Waals surface area contributed by atoms with Gasteiger partial charge in [-0.1, -0.05) is 38.8 Å². The number of ether oxygens (including phenoxy) is 1. The number of nitrogens with one attached hydrogen (secondary N) is 1. The molecule has 0 aromatic heterocycles. The van der Waals surface area contributed by atoms with Gasteiger partial charge in [0, 0.05) is 18.8 Å². The molecule has 0 spiro atoms. The van der Waals surface area contributed by atoms with Crippen molar-refractivity contribution in [3.05, 3.63) is 29.8 Å². The molecule has 1 aliphatic rings. The van der Waals surface area contributed by atoms with Gasteiger partial charge in [-0.2, -0.15) is 0 Å². The Balaban J connectivity index is 2.06. The summed E-state index contributed by atoms with van der Waals surface area (Å²) in [6.07, 6.45) is 5.32. The van der Waals surface area contributed by atoms with E-state index in [1.807, 2.05) is 0 Å². The molecular formula is C16H25NO. The van der Waals surface area contributed by atoms with E-state index in [4.69, 9.17) is 4.74 Å². The summed E-state index contributed by atoms with van der Waals surface area (Å²) in [5.41, 5.74) is 2.86. The van der Waals surface area contributed by atoms with E-state index in [1.165, 1.54) is 36.9 Å². The summed E-state index contributed by atoms with van der Waals surface area (Å²) in [6, 6.07) is 9.16. The molecule has 1 aromatic carbocycles. The van der Waals surface area contributed by atoms with Gasteiger partial charge in [0.25, 0.3) is 0 Å². The summed E-state index contributed by atoms with van der Waals surface area (Å²) in [5, 5.41) is 3.71. The zero-order valence-electron chi connectivity index (χ0n) is 11.8. The van der Waals surface area contributed by atoms with Gasteiger partial charge in [0.05, 0.1) is 6.61 Å². The monoisotopic (exact) mass is 247 g/mol. The molecule has 0 radical (unpaired) electrons. The molecular weight excluding hydrogens is 222 g/mol. The smallest absolute Gasteiger partial charge is 0.0713 e. The van der Waals surface area contributed by atoms with Crippen LogP contribution in [-0.2, 0) is 11.3 Å². The van der Waals surface area contributed by atoms with Crippen LogP contribution in [0.4, 0.5) is 5.69 Å². The van der Waals surface area contributed by atoms with Crippen LogP contribution in [0.3, 0.4) is 0 Å². The fraction of sp³-hybridized carbons (Fsp3) is 0.625. The Morgan fingerprint density at radius 2 is 2.17 bits per heavy atom. The van der Waals surface area contributed by atoms with E-state index >= 15 is 0 Å². The molecule has 1 aliphatic carbocycles. The maximum absolute atomic E-state index is 5.19. The fourth-order valence-electron chi connectivity index (χ4n) is 2.88. The Bertz CT molecular complexity index is 386. The predicted molar refractivity (Wildman–Crippen MR) is 76.8 cm³/mol. The standard InChI is InChI=1S/C16H25NO/c1-16(2)10-5-4-9-15(16)17-14-8-6-7-13(11-14)12-18-3/h6-8,11,15,17H,4-5,9-10,12H2,1-3H3. The van der Waals surface area contributed by atoms with Crippen LogP contribution in [0, 0.1) is 5.41 Å². The Labute approximate surface area is 111 Å². The Kier molecular flexibility index (Phi) is 4.28. The SMILES string of the molecule is COCc1cccc(NC2CCCCC2(C)C)c1. The molecule has 1 aromatic rings. The van der Waals surface area contributed by atoms with Crippen LogP contribution < -0.4 is 5.32 Å². The molecule has 2 rings (SSSR count). The third-order valence-corrected chi connectivity index (χ3v) is 4.09. The van der Waals surface area contributed by atoms with E-state index < -0.39 is 0 Å². The van der Waals surface area contributed by atoms with Crippen molar-refractivity contribution >= 4 is 5.69 Å². The summed E-state index contributed by atoms with van der Waals surface area (Å²) in [5.74, 6) is 0. The highest BCUT2D eigenvalue weighted by atomic mass is 16.5. The topological polar surface area (TPSA) is 21.3 Å². The highest BCUT2D eigenvalue weighted by molar-refractivity contribution is 5.46. The van der Waals surface area contributed by atoms with Crippen molar-refractivity contribution in [2.75, 3.05) is 12.4 Å². The van der Waals surface area contributed by atoms with E-state index in [0.717, 1.165) is 0 Å². The predicted octanol–water partition coefficient (Wildman–Crippen LogP) is 4.21. The Morgan fingerprint density at radius 3 is 2.89 bits per heavy atom. The average Bonchev–Trinajstić information content (AvgIpc) is 2.33. The van der Waals surface area contributed by atoms with Crippen LogP contribution >= 0.6 is 0 Å². The molecule has 2 nitrogen and oxygen atoms in total. The molecule has 1 N–H and O–H groups in total. The maximum atomic E-state index is 5.19. The largest absolute Gasteiger partial charge is 0.382 e. The number of hydrogen-bond acceptors (Lipinski definition) is 2. The molecule has 1 atom stereocenters. The molecule has 0 aliphatic heterocycles. The molecule has 1 fully saturated rings. The lowest BCUT2D eigenvalue weighted by molar-refractivity contribution is 0.185. The van der Waals surface area contributed by atoms with Crippen molar-refractivity contribution in [3.8, 4) is 0 Å². The first-order chi connectivity index (χ1) is 8.62. The number of hydrogen-bond donors (Lipinski definition) is 1. The molecule has 2 heteroatoms. The molecule has 100 valence electrons. The number of rotatable bonds is 4. The average molecular weight is 247 g/mol. The maximum Gasteiger partial charge on any atom is 0.0713 e. The lowest BCUT2D eigenvalue weighted by atomic mass is 9.73. The van der Waals surface area contributed by atoms with Crippen molar-refractivity contribution in [3.63, 3.8) is 0 Å². The molecule has 0 amide bonds. The Morgan fingerprint density at radius 1 is 1.33 bits per heavy atom. The van der Waals surface area contributed by atoms with E-state index in [1.54, 1.807) is 7.11 Å². The van der Waals surface area contributed by atoms with Crippen LogP contribution in [0.15, 0.2) is 24.3 Å². The second-order valence-corrected chi connectivity index (χ2v) is 6.06. The van der Waals surface area contributed by atoms with Gasteiger partial charge in [-0.3, -0.25) is 0 Å². The second kappa shape index (κ2) is 5.75. The quantitative estimate of drug-likeness (QED) is 0.860. The first-order valence-electron chi connectivity index (χ1n) is 6.96. The summed E-state index contributed by atoms with van der Waals surface area (Å²) >= 11 is 0. The number of methoxy groups -OCH3 is 1. The van der Waals surface area contributed by atoms with Crippen LogP contribution in [0.25, 0.3) is 0 Å². The van der Waals surface area contributed by atoms with Gasteiger partial charge >= 0.3 is 0 Å². The lowest BCUT2D eigenvalue weighted by Crippen LogP contribution is -2.38. The molecule has 0 saturated heterocycles. The van der Waals surface area contributed by atoms with Gasteiger partial charge in [-0.05, 0) is 36.0 Å². The molecule has 0 bridgehead atoms. The summed E-state index contributed by atoms with van der Waals surface area (Å²) in [7, 11) is 1.74. The third-order valence-electron chi connectivity index (χ3n) is 4.09. The van der Waals surface area contributed by atoms with E-state index in [-0.39, 0.29) is 0 Å². The van der Waals surface area contributed by atoms with Crippen LogP contribution in [0.5, 0.6) is 0 Å². The van der Waals surface area contributed by atoms with Crippen molar-refractivity contribution in [1.82, 2.24) is 0 Å². The highest BCUT2D eigenvalue weighted by Gasteiger charge is 2.31. The van der Waals surface area contributed by atoms with Gasteiger partial charge in [-0.25, -0.2) is 0 Å². The Hall–Kier alpha value is -1.02. The van der Waals surface area contributed by atoms with Crippen molar-refractivity contribution in [2.45, 2.75) is 52.2 Å². The van der Waals surface area contributed by atoms with Crippen molar-refractivity contribution in [1.29, 1.82) is 0 Å². The summed E-state index contributed by atoms with van der Waals surface area (Å²) in [6.45, 7) is 5.44. The molecule has 1 saturated carbocycles. The molecule has 0 heterocycles. The zero-order valence-corrected chi connectivity index (χ0v) is 11.8.